The molecule has 4 nitrogen and oxygen atoms in total. The van der Waals surface area contributed by atoms with Crippen molar-refractivity contribution in [1.29, 1.82) is 0 Å². The lowest BCUT2D eigenvalue weighted by Crippen LogP contribution is -2.30. The first-order valence-electron chi connectivity index (χ1n) is 5.33. The Labute approximate surface area is 94.9 Å². The average molecular weight is 223 g/mol. The minimum atomic E-state index is -0.597. The van der Waals surface area contributed by atoms with E-state index in [0.29, 0.717) is 6.42 Å². The van der Waals surface area contributed by atoms with Crippen LogP contribution >= 0.6 is 0 Å². The van der Waals surface area contributed by atoms with Crippen LogP contribution in [0.25, 0.3) is 0 Å². The number of hydrogen-bond acceptors (Lipinski definition) is 3. The molecule has 0 radical (unpaired) electrons. The van der Waals surface area contributed by atoms with Crippen molar-refractivity contribution >= 4 is 5.91 Å². The van der Waals surface area contributed by atoms with Gasteiger partial charge in [-0.3, -0.25) is 4.79 Å². The maximum Gasteiger partial charge on any atom is 0.255 e. The molecule has 4 heteroatoms. The van der Waals surface area contributed by atoms with Gasteiger partial charge in [0.15, 0.2) is 0 Å². The molecule has 0 aliphatic carbocycles. The third-order valence-corrected chi connectivity index (χ3v) is 2.30. The summed E-state index contributed by atoms with van der Waals surface area (Å²) in [6.45, 7) is 3.67. The number of para-hydroxylation sites is 1. The summed E-state index contributed by atoms with van der Waals surface area (Å²) in [7, 11) is 0. The second kappa shape index (κ2) is 5.51. The predicted molar refractivity (Wildman–Crippen MR) is 61.5 cm³/mol. The molecule has 0 saturated carbocycles. The van der Waals surface area contributed by atoms with E-state index in [4.69, 9.17) is 5.11 Å². The van der Waals surface area contributed by atoms with Crippen molar-refractivity contribution in [1.82, 2.24) is 5.32 Å². The molecule has 0 fully saturated rings. The molecular formula is C12H17NO3. The van der Waals surface area contributed by atoms with Crippen LogP contribution in [0.5, 0.6) is 5.75 Å². The van der Waals surface area contributed by atoms with Gasteiger partial charge in [-0.1, -0.05) is 19.1 Å². The summed E-state index contributed by atoms with van der Waals surface area (Å²) in [6.07, 6.45) is 0.0732. The summed E-state index contributed by atoms with van der Waals surface area (Å²) in [5.74, 6) is -0.346. The summed E-state index contributed by atoms with van der Waals surface area (Å²) >= 11 is 0. The monoisotopic (exact) mass is 223 g/mol. The normalized spacial score (nSPS) is 12.2. The Kier molecular flexibility index (Phi) is 4.31. The fourth-order valence-electron chi connectivity index (χ4n) is 1.40. The molecule has 3 N–H and O–H groups in total. The Bertz CT molecular complexity index is 375. The maximum absolute atomic E-state index is 11.7. The van der Waals surface area contributed by atoms with Gasteiger partial charge >= 0.3 is 0 Å². The predicted octanol–water partition coefficient (Wildman–Crippen LogP) is 1.07. The Hall–Kier alpha value is -1.55. The second-order valence-electron chi connectivity index (χ2n) is 3.73. The molecule has 0 aromatic heterocycles. The summed E-state index contributed by atoms with van der Waals surface area (Å²) in [5.41, 5.74) is 0.990. The topological polar surface area (TPSA) is 69.6 Å². The first-order chi connectivity index (χ1) is 7.56. The Balaban J connectivity index is 2.83. The molecule has 1 amide bonds. The van der Waals surface area contributed by atoms with Gasteiger partial charge < -0.3 is 15.5 Å². The van der Waals surface area contributed by atoms with Crippen LogP contribution in [0, 0.1) is 0 Å². The largest absolute Gasteiger partial charge is 0.507 e. The highest BCUT2D eigenvalue weighted by atomic mass is 16.3. The number of rotatable bonds is 4. The Morgan fingerprint density at radius 2 is 2.19 bits per heavy atom. The van der Waals surface area contributed by atoms with Crippen LogP contribution in [0.1, 0.15) is 29.8 Å². The zero-order valence-corrected chi connectivity index (χ0v) is 9.53. The van der Waals surface area contributed by atoms with Crippen molar-refractivity contribution in [2.75, 3.05) is 6.54 Å². The minimum Gasteiger partial charge on any atom is -0.507 e. The minimum absolute atomic E-state index is 0.0214. The van der Waals surface area contributed by atoms with Gasteiger partial charge in [0.1, 0.15) is 5.75 Å². The van der Waals surface area contributed by atoms with E-state index in [-0.39, 0.29) is 23.8 Å². The lowest BCUT2D eigenvalue weighted by molar-refractivity contribution is 0.0921. The quantitative estimate of drug-likeness (QED) is 0.715. The Morgan fingerprint density at radius 1 is 1.50 bits per heavy atom. The molecule has 0 aliphatic heterocycles. The highest BCUT2D eigenvalue weighted by Gasteiger charge is 2.13. The van der Waals surface area contributed by atoms with E-state index in [1.165, 1.54) is 0 Å². The molecule has 0 heterocycles. The highest BCUT2D eigenvalue weighted by Crippen LogP contribution is 2.22. The number of aromatic hydroxyl groups is 1. The number of carbonyl (C=O) groups is 1. The van der Waals surface area contributed by atoms with Gasteiger partial charge in [-0.15, -0.1) is 0 Å². The van der Waals surface area contributed by atoms with Gasteiger partial charge in [0.2, 0.25) is 0 Å². The van der Waals surface area contributed by atoms with Crippen LogP contribution in [0.4, 0.5) is 0 Å². The van der Waals surface area contributed by atoms with Crippen LogP contribution in [0.2, 0.25) is 0 Å². The molecular weight excluding hydrogens is 206 g/mol. The summed E-state index contributed by atoms with van der Waals surface area (Å²) in [5, 5.41) is 21.4. The lowest BCUT2D eigenvalue weighted by atomic mass is 10.1. The van der Waals surface area contributed by atoms with Crippen molar-refractivity contribution < 1.29 is 15.0 Å². The maximum atomic E-state index is 11.7. The number of carbonyl (C=O) groups excluding carboxylic acids is 1. The van der Waals surface area contributed by atoms with Crippen molar-refractivity contribution in [2.45, 2.75) is 26.4 Å². The van der Waals surface area contributed by atoms with Crippen LogP contribution in [-0.4, -0.2) is 28.8 Å². The molecule has 0 bridgehead atoms. The van der Waals surface area contributed by atoms with Crippen molar-refractivity contribution in [2.24, 2.45) is 0 Å². The number of hydrogen-bond donors (Lipinski definition) is 3. The first-order valence-corrected chi connectivity index (χ1v) is 5.33. The lowest BCUT2D eigenvalue weighted by Gasteiger charge is -2.10. The molecule has 0 unspecified atom stereocenters. The summed E-state index contributed by atoms with van der Waals surface area (Å²) in [4.78, 5) is 11.7. The molecule has 1 aromatic carbocycles. The van der Waals surface area contributed by atoms with E-state index in [9.17, 15) is 9.90 Å². The molecule has 0 saturated heterocycles. The van der Waals surface area contributed by atoms with Crippen LogP contribution in [0.3, 0.4) is 0 Å². The molecule has 1 rings (SSSR count). The molecule has 0 aliphatic rings. The fraction of sp³-hybridized carbons (Fsp3) is 0.417. The second-order valence-corrected chi connectivity index (χ2v) is 3.73. The zero-order chi connectivity index (χ0) is 12.1. The third-order valence-electron chi connectivity index (χ3n) is 2.30. The van der Waals surface area contributed by atoms with E-state index in [0.717, 1.165) is 5.56 Å². The van der Waals surface area contributed by atoms with Crippen LogP contribution in [-0.2, 0) is 6.42 Å². The Morgan fingerprint density at radius 3 is 2.75 bits per heavy atom. The van der Waals surface area contributed by atoms with Crippen LogP contribution in [0.15, 0.2) is 18.2 Å². The number of phenols is 1. The number of phenolic OH excluding ortho intramolecular Hbond substituents is 1. The van der Waals surface area contributed by atoms with E-state index >= 15 is 0 Å². The number of aryl methyl sites for hydroxylation is 1. The van der Waals surface area contributed by atoms with Gasteiger partial charge in [0.25, 0.3) is 5.91 Å². The zero-order valence-electron chi connectivity index (χ0n) is 9.53. The number of nitrogens with one attached hydrogen (secondary N) is 1. The highest BCUT2D eigenvalue weighted by molar-refractivity contribution is 5.97. The van der Waals surface area contributed by atoms with Crippen molar-refractivity contribution in [3.8, 4) is 5.75 Å². The number of aliphatic hydroxyl groups is 1. The first kappa shape index (κ1) is 12.5. The van der Waals surface area contributed by atoms with E-state index < -0.39 is 6.10 Å². The molecule has 1 aromatic rings. The van der Waals surface area contributed by atoms with E-state index in [1.807, 2.05) is 6.92 Å². The van der Waals surface area contributed by atoms with Gasteiger partial charge in [-0.2, -0.15) is 0 Å². The summed E-state index contributed by atoms with van der Waals surface area (Å²) < 4.78 is 0. The average Bonchev–Trinajstić information content (AvgIpc) is 2.26. The van der Waals surface area contributed by atoms with Gasteiger partial charge in [-0.05, 0) is 25.0 Å². The fourth-order valence-corrected chi connectivity index (χ4v) is 1.40. The number of benzene rings is 1. The van der Waals surface area contributed by atoms with Gasteiger partial charge in [0.05, 0.1) is 11.7 Å². The van der Waals surface area contributed by atoms with Crippen molar-refractivity contribution in [3.63, 3.8) is 0 Å². The molecule has 0 spiro atoms. The van der Waals surface area contributed by atoms with Crippen LogP contribution < -0.4 is 5.32 Å². The molecule has 88 valence electrons. The number of amides is 1. The molecule has 1 atom stereocenters. The smallest absolute Gasteiger partial charge is 0.255 e. The standard InChI is InChI=1S/C12H17NO3/c1-3-9-5-4-6-10(11(9)15)12(16)13-7-8(2)14/h4-6,8,14-15H,3,7H2,1-2H3,(H,13,16)/t8-/m1/s1. The number of aliphatic hydroxyl groups excluding tert-OH is 1. The van der Waals surface area contributed by atoms with E-state index in [1.54, 1.807) is 25.1 Å². The van der Waals surface area contributed by atoms with Crippen molar-refractivity contribution in [3.05, 3.63) is 29.3 Å². The summed E-state index contributed by atoms with van der Waals surface area (Å²) in [6, 6.07) is 5.07. The third kappa shape index (κ3) is 2.97. The molecule has 16 heavy (non-hydrogen) atoms. The SMILES string of the molecule is CCc1cccc(C(=O)NC[C@@H](C)O)c1O. The van der Waals surface area contributed by atoms with Gasteiger partial charge in [-0.25, -0.2) is 0 Å². The van der Waals surface area contributed by atoms with E-state index in [2.05, 4.69) is 5.32 Å². The van der Waals surface area contributed by atoms with Gasteiger partial charge in [0, 0.05) is 6.54 Å².